The van der Waals surface area contributed by atoms with E-state index in [0.29, 0.717) is 16.5 Å². The highest BCUT2D eigenvalue weighted by atomic mass is 35.5. The number of rotatable bonds is 5. The van der Waals surface area contributed by atoms with Gasteiger partial charge in [-0.05, 0) is 56.6 Å². The van der Waals surface area contributed by atoms with E-state index in [4.69, 9.17) is 17.3 Å². The number of carbonyl (C=O) groups is 1. The molecule has 0 aromatic heterocycles. The molecule has 2 rings (SSSR count). The number of halogens is 1. The number of amides is 1. The summed E-state index contributed by atoms with van der Waals surface area (Å²) in [6.07, 6.45) is 2.56. The van der Waals surface area contributed by atoms with Crippen molar-refractivity contribution < 1.29 is 4.79 Å². The minimum absolute atomic E-state index is 0.448. The van der Waals surface area contributed by atoms with E-state index in [0.717, 1.165) is 25.2 Å². The summed E-state index contributed by atoms with van der Waals surface area (Å²) in [6, 6.07) is 5.22. The molecule has 4 nitrogen and oxygen atoms in total. The monoisotopic (exact) mass is 295 g/mol. The summed E-state index contributed by atoms with van der Waals surface area (Å²) in [5.41, 5.74) is 6.68. The normalized spacial score (nSPS) is 20.0. The molecule has 0 saturated carbocycles. The Balaban J connectivity index is 1.83. The number of nitrogens with zero attached hydrogens (tertiary/aromatic N) is 1. The third kappa shape index (κ3) is 4.20. The summed E-state index contributed by atoms with van der Waals surface area (Å²) < 4.78 is 0. The van der Waals surface area contributed by atoms with Gasteiger partial charge in [-0.25, -0.2) is 0 Å². The average molecular weight is 296 g/mol. The molecule has 1 unspecified atom stereocenters. The van der Waals surface area contributed by atoms with Crippen LogP contribution >= 0.6 is 11.6 Å². The minimum atomic E-state index is -0.448. The Morgan fingerprint density at radius 1 is 1.55 bits per heavy atom. The van der Waals surface area contributed by atoms with Crippen LogP contribution in [0.1, 0.15) is 28.8 Å². The molecule has 1 aliphatic heterocycles. The number of carbonyl (C=O) groups excluding carboxylic acids is 1. The van der Waals surface area contributed by atoms with Gasteiger partial charge in [0.1, 0.15) is 0 Å². The van der Waals surface area contributed by atoms with Crippen molar-refractivity contribution in [3.8, 4) is 0 Å². The first kappa shape index (κ1) is 15.3. The number of primary amides is 1. The maximum absolute atomic E-state index is 11.1. The second kappa shape index (κ2) is 7.07. The van der Waals surface area contributed by atoms with Crippen LogP contribution in [-0.2, 0) is 6.54 Å². The molecule has 1 atom stereocenters. The minimum Gasteiger partial charge on any atom is -0.366 e. The van der Waals surface area contributed by atoms with Crippen molar-refractivity contribution in [2.75, 3.05) is 26.7 Å². The van der Waals surface area contributed by atoms with Crippen LogP contribution in [0.4, 0.5) is 0 Å². The van der Waals surface area contributed by atoms with Gasteiger partial charge in [0.15, 0.2) is 0 Å². The van der Waals surface area contributed by atoms with Crippen molar-refractivity contribution in [1.29, 1.82) is 0 Å². The lowest BCUT2D eigenvalue weighted by molar-refractivity contribution is 0.100. The van der Waals surface area contributed by atoms with E-state index in [1.54, 1.807) is 12.1 Å². The zero-order chi connectivity index (χ0) is 14.5. The predicted molar refractivity (Wildman–Crippen MR) is 81.9 cm³/mol. The second-order valence-electron chi connectivity index (χ2n) is 5.57. The number of benzene rings is 1. The fourth-order valence-electron chi connectivity index (χ4n) is 2.69. The lowest BCUT2D eigenvalue weighted by atomic mass is 9.98. The van der Waals surface area contributed by atoms with E-state index >= 15 is 0 Å². The van der Waals surface area contributed by atoms with Crippen LogP contribution in [0, 0.1) is 5.92 Å². The zero-order valence-corrected chi connectivity index (χ0v) is 12.6. The van der Waals surface area contributed by atoms with Gasteiger partial charge in [-0.1, -0.05) is 17.7 Å². The van der Waals surface area contributed by atoms with E-state index in [1.807, 2.05) is 6.07 Å². The fraction of sp³-hybridized carbons (Fsp3) is 0.533. The molecule has 0 bridgehead atoms. The lowest BCUT2D eigenvalue weighted by Gasteiger charge is -2.29. The molecule has 110 valence electrons. The first-order chi connectivity index (χ1) is 9.56. The Bertz CT molecular complexity index is 478. The molecule has 0 aliphatic carbocycles. The third-order valence-corrected chi connectivity index (χ3v) is 4.16. The van der Waals surface area contributed by atoms with Crippen molar-refractivity contribution in [3.63, 3.8) is 0 Å². The van der Waals surface area contributed by atoms with E-state index in [2.05, 4.69) is 17.3 Å². The zero-order valence-electron chi connectivity index (χ0n) is 11.9. The van der Waals surface area contributed by atoms with E-state index in [9.17, 15) is 4.79 Å². The lowest BCUT2D eigenvalue weighted by Crippen LogP contribution is -2.37. The molecule has 1 fully saturated rings. The summed E-state index contributed by atoms with van der Waals surface area (Å²) in [5, 5.41) is 4.05. The summed E-state index contributed by atoms with van der Waals surface area (Å²) in [4.78, 5) is 13.4. The number of nitrogens with one attached hydrogen (secondary N) is 1. The summed E-state index contributed by atoms with van der Waals surface area (Å²) in [5.74, 6) is 0.258. The van der Waals surface area contributed by atoms with Crippen LogP contribution in [0.15, 0.2) is 18.2 Å². The highest BCUT2D eigenvalue weighted by Gasteiger charge is 2.16. The molecule has 1 aliphatic rings. The van der Waals surface area contributed by atoms with Crippen LogP contribution in [0.5, 0.6) is 0 Å². The molecule has 0 radical (unpaired) electrons. The van der Waals surface area contributed by atoms with E-state index < -0.39 is 5.91 Å². The molecular weight excluding hydrogens is 274 g/mol. The topological polar surface area (TPSA) is 58.4 Å². The molecular formula is C15H22ClN3O. The molecule has 20 heavy (non-hydrogen) atoms. The Morgan fingerprint density at radius 2 is 2.35 bits per heavy atom. The van der Waals surface area contributed by atoms with Crippen LogP contribution in [0.3, 0.4) is 0 Å². The smallest absolute Gasteiger partial charge is 0.248 e. The SMILES string of the molecule is CN1CCCC(CNCc2ccc(C(N)=O)cc2Cl)C1. The van der Waals surface area contributed by atoms with Crippen LogP contribution in [-0.4, -0.2) is 37.5 Å². The maximum Gasteiger partial charge on any atom is 0.248 e. The number of nitrogens with two attached hydrogens (primary N) is 1. The molecule has 1 aromatic rings. The van der Waals surface area contributed by atoms with Crippen LogP contribution < -0.4 is 11.1 Å². The van der Waals surface area contributed by atoms with Gasteiger partial charge in [0, 0.05) is 23.7 Å². The van der Waals surface area contributed by atoms with Gasteiger partial charge in [0.25, 0.3) is 0 Å². The largest absolute Gasteiger partial charge is 0.366 e. The van der Waals surface area contributed by atoms with Crippen molar-refractivity contribution in [3.05, 3.63) is 34.3 Å². The van der Waals surface area contributed by atoms with Gasteiger partial charge in [-0.15, -0.1) is 0 Å². The maximum atomic E-state index is 11.1. The predicted octanol–water partition coefficient (Wildman–Crippen LogP) is 1.87. The van der Waals surface area contributed by atoms with Crippen LogP contribution in [0.25, 0.3) is 0 Å². The fourth-order valence-corrected chi connectivity index (χ4v) is 2.94. The molecule has 3 N–H and O–H groups in total. The summed E-state index contributed by atoms with van der Waals surface area (Å²) in [7, 11) is 2.17. The first-order valence-corrected chi connectivity index (χ1v) is 7.41. The number of likely N-dealkylation sites (tertiary alicyclic amines) is 1. The van der Waals surface area contributed by atoms with Crippen molar-refractivity contribution in [2.45, 2.75) is 19.4 Å². The number of hydrogen-bond acceptors (Lipinski definition) is 3. The Morgan fingerprint density at radius 3 is 3.00 bits per heavy atom. The van der Waals surface area contributed by atoms with Crippen molar-refractivity contribution in [1.82, 2.24) is 10.2 Å². The summed E-state index contributed by atoms with van der Waals surface area (Å²) in [6.45, 7) is 4.08. The molecule has 0 spiro atoms. The second-order valence-corrected chi connectivity index (χ2v) is 5.98. The molecule has 1 heterocycles. The highest BCUT2D eigenvalue weighted by Crippen LogP contribution is 2.18. The first-order valence-electron chi connectivity index (χ1n) is 7.03. The average Bonchev–Trinajstić information content (AvgIpc) is 2.40. The van der Waals surface area contributed by atoms with E-state index in [-0.39, 0.29) is 0 Å². The Kier molecular flexibility index (Phi) is 5.40. The molecule has 1 aromatic carbocycles. The Hall–Kier alpha value is -1.10. The van der Waals surface area contributed by atoms with Crippen LogP contribution in [0.2, 0.25) is 5.02 Å². The number of hydrogen-bond donors (Lipinski definition) is 2. The molecule has 5 heteroatoms. The molecule has 1 saturated heterocycles. The van der Waals surface area contributed by atoms with Gasteiger partial charge in [0.2, 0.25) is 5.91 Å². The van der Waals surface area contributed by atoms with Gasteiger partial charge in [-0.2, -0.15) is 0 Å². The van der Waals surface area contributed by atoms with Crippen molar-refractivity contribution in [2.24, 2.45) is 11.7 Å². The highest BCUT2D eigenvalue weighted by molar-refractivity contribution is 6.31. The third-order valence-electron chi connectivity index (χ3n) is 3.81. The van der Waals surface area contributed by atoms with Gasteiger partial charge in [-0.3, -0.25) is 4.79 Å². The van der Waals surface area contributed by atoms with Gasteiger partial charge in [0.05, 0.1) is 0 Å². The number of piperidine rings is 1. The van der Waals surface area contributed by atoms with Gasteiger partial charge < -0.3 is 16.0 Å². The van der Waals surface area contributed by atoms with Crippen molar-refractivity contribution >= 4 is 17.5 Å². The Labute approximate surface area is 125 Å². The quantitative estimate of drug-likeness (QED) is 0.872. The summed E-state index contributed by atoms with van der Waals surface area (Å²) >= 11 is 6.16. The standard InChI is InChI=1S/C15H22ClN3O/c1-19-6-2-3-11(10-19)8-18-9-13-5-4-12(15(17)20)7-14(13)16/h4-5,7,11,18H,2-3,6,8-10H2,1H3,(H2,17,20). The van der Waals surface area contributed by atoms with Gasteiger partial charge >= 0.3 is 0 Å². The molecule has 1 amide bonds. The van der Waals surface area contributed by atoms with E-state index in [1.165, 1.54) is 19.4 Å².